The molecule has 0 aromatic heterocycles. The van der Waals surface area contributed by atoms with Gasteiger partial charge in [-0.15, -0.1) is 0 Å². The molecule has 0 aromatic rings. The molecule has 76 valence electrons. The first-order valence-electron chi connectivity index (χ1n) is 4.34. The van der Waals surface area contributed by atoms with Gasteiger partial charge in [0.15, 0.2) is 0 Å². The number of esters is 1. The van der Waals surface area contributed by atoms with Crippen LogP contribution in [0.15, 0.2) is 0 Å². The Kier molecular flexibility index (Phi) is 5.11. The van der Waals surface area contributed by atoms with E-state index in [1.807, 2.05) is 0 Å². The highest BCUT2D eigenvalue weighted by Gasteiger charge is 2.17. The Hall–Kier alpha value is -1.06. The first-order chi connectivity index (χ1) is 6.02. The Bertz CT molecular complexity index is 171. The Balaban J connectivity index is 3.98. The number of amides is 1. The van der Waals surface area contributed by atoms with Crippen molar-refractivity contribution in [1.29, 1.82) is 0 Å². The molecule has 0 bridgehead atoms. The topological polar surface area (TPSA) is 46.6 Å². The van der Waals surface area contributed by atoms with Crippen LogP contribution in [0, 0.1) is 5.92 Å². The molecule has 0 N–H and O–H groups in total. The van der Waals surface area contributed by atoms with Crippen molar-refractivity contribution < 1.29 is 14.3 Å². The van der Waals surface area contributed by atoms with Crippen LogP contribution in [-0.4, -0.2) is 37.5 Å². The average Bonchev–Trinajstić information content (AvgIpc) is 2.14. The van der Waals surface area contributed by atoms with E-state index in [1.165, 1.54) is 7.11 Å². The number of carbonyl (C=O) groups is 2. The van der Waals surface area contributed by atoms with Gasteiger partial charge in [-0.25, -0.2) is 0 Å². The minimum atomic E-state index is -0.282. The number of rotatable bonds is 4. The van der Waals surface area contributed by atoms with E-state index in [9.17, 15) is 9.59 Å². The standard InChI is InChI=1S/C9H17NO3/c1-5-8(11)10(3)6-7(2)9(12)13-4/h7H,5-6H2,1-4H3. The smallest absolute Gasteiger partial charge is 0.310 e. The zero-order valence-corrected chi connectivity index (χ0v) is 8.66. The zero-order valence-electron chi connectivity index (χ0n) is 8.66. The molecule has 0 aliphatic heterocycles. The molecule has 1 amide bonds. The summed E-state index contributed by atoms with van der Waals surface area (Å²) in [6.45, 7) is 3.95. The van der Waals surface area contributed by atoms with Gasteiger partial charge >= 0.3 is 5.97 Å². The summed E-state index contributed by atoms with van der Waals surface area (Å²) < 4.78 is 4.55. The summed E-state index contributed by atoms with van der Waals surface area (Å²) in [5, 5.41) is 0. The van der Waals surface area contributed by atoms with E-state index in [0.29, 0.717) is 13.0 Å². The van der Waals surface area contributed by atoms with Crippen molar-refractivity contribution in [2.24, 2.45) is 5.92 Å². The predicted molar refractivity (Wildman–Crippen MR) is 49.1 cm³/mol. The molecular formula is C9H17NO3. The Morgan fingerprint density at radius 3 is 2.38 bits per heavy atom. The van der Waals surface area contributed by atoms with Crippen LogP contribution in [0.3, 0.4) is 0 Å². The first kappa shape index (κ1) is 11.9. The minimum Gasteiger partial charge on any atom is -0.469 e. The van der Waals surface area contributed by atoms with Crippen molar-refractivity contribution in [1.82, 2.24) is 4.90 Å². The average molecular weight is 187 g/mol. The number of carbonyl (C=O) groups excluding carboxylic acids is 2. The minimum absolute atomic E-state index is 0.0377. The third kappa shape index (κ3) is 3.92. The van der Waals surface area contributed by atoms with E-state index >= 15 is 0 Å². The molecule has 0 radical (unpaired) electrons. The number of nitrogens with zero attached hydrogens (tertiary/aromatic N) is 1. The van der Waals surface area contributed by atoms with Crippen molar-refractivity contribution in [3.63, 3.8) is 0 Å². The van der Waals surface area contributed by atoms with Crippen LogP contribution in [0.2, 0.25) is 0 Å². The second-order valence-corrected chi connectivity index (χ2v) is 3.05. The van der Waals surface area contributed by atoms with Gasteiger partial charge in [-0.3, -0.25) is 9.59 Å². The maximum absolute atomic E-state index is 11.1. The summed E-state index contributed by atoms with van der Waals surface area (Å²) in [5.41, 5.74) is 0. The molecule has 0 rings (SSSR count). The summed E-state index contributed by atoms with van der Waals surface area (Å²) in [5.74, 6) is -0.503. The Labute approximate surface area is 78.9 Å². The maximum Gasteiger partial charge on any atom is 0.310 e. The van der Waals surface area contributed by atoms with Gasteiger partial charge in [0.25, 0.3) is 0 Å². The molecule has 4 nitrogen and oxygen atoms in total. The molecule has 1 unspecified atom stereocenters. The molecule has 0 fully saturated rings. The van der Waals surface area contributed by atoms with Gasteiger partial charge in [0.2, 0.25) is 5.91 Å². The maximum atomic E-state index is 11.1. The number of methoxy groups -OCH3 is 1. The van der Waals surface area contributed by atoms with Crippen LogP contribution in [0.25, 0.3) is 0 Å². The Morgan fingerprint density at radius 1 is 1.46 bits per heavy atom. The van der Waals surface area contributed by atoms with E-state index < -0.39 is 0 Å². The van der Waals surface area contributed by atoms with Gasteiger partial charge in [0.05, 0.1) is 13.0 Å². The first-order valence-corrected chi connectivity index (χ1v) is 4.34. The molecular weight excluding hydrogens is 170 g/mol. The van der Waals surface area contributed by atoms with Gasteiger partial charge in [-0.2, -0.15) is 0 Å². The fraction of sp³-hybridized carbons (Fsp3) is 0.778. The van der Waals surface area contributed by atoms with Crippen LogP contribution in [-0.2, 0) is 14.3 Å². The zero-order chi connectivity index (χ0) is 10.4. The lowest BCUT2D eigenvalue weighted by atomic mass is 10.1. The second kappa shape index (κ2) is 5.56. The highest BCUT2D eigenvalue weighted by molar-refractivity contribution is 5.77. The van der Waals surface area contributed by atoms with Crippen molar-refractivity contribution in [3.8, 4) is 0 Å². The second-order valence-electron chi connectivity index (χ2n) is 3.05. The van der Waals surface area contributed by atoms with Crippen molar-refractivity contribution in [2.45, 2.75) is 20.3 Å². The highest BCUT2D eigenvalue weighted by Crippen LogP contribution is 2.01. The van der Waals surface area contributed by atoms with Crippen LogP contribution in [0.1, 0.15) is 20.3 Å². The molecule has 0 saturated heterocycles. The fourth-order valence-corrected chi connectivity index (χ4v) is 1.06. The number of ether oxygens (including phenoxy) is 1. The van der Waals surface area contributed by atoms with E-state index in [2.05, 4.69) is 4.74 Å². The van der Waals surface area contributed by atoms with Gasteiger partial charge in [0, 0.05) is 20.0 Å². The van der Waals surface area contributed by atoms with Crippen molar-refractivity contribution >= 4 is 11.9 Å². The third-order valence-corrected chi connectivity index (χ3v) is 1.88. The summed E-state index contributed by atoms with van der Waals surface area (Å²) in [4.78, 5) is 23.7. The molecule has 1 atom stereocenters. The van der Waals surface area contributed by atoms with Crippen LogP contribution in [0.5, 0.6) is 0 Å². The molecule has 13 heavy (non-hydrogen) atoms. The van der Waals surface area contributed by atoms with Gasteiger partial charge in [0.1, 0.15) is 0 Å². The Morgan fingerprint density at radius 2 is 2.00 bits per heavy atom. The molecule has 0 saturated carbocycles. The van der Waals surface area contributed by atoms with E-state index in [1.54, 1.807) is 25.8 Å². The largest absolute Gasteiger partial charge is 0.469 e. The van der Waals surface area contributed by atoms with Crippen LogP contribution >= 0.6 is 0 Å². The number of hydrogen-bond acceptors (Lipinski definition) is 3. The summed E-state index contributed by atoms with van der Waals surface area (Å²) in [6, 6.07) is 0. The molecule has 0 heterocycles. The SMILES string of the molecule is CCC(=O)N(C)CC(C)C(=O)OC. The van der Waals surface area contributed by atoms with Gasteiger partial charge < -0.3 is 9.64 Å². The quantitative estimate of drug-likeness (QED) is 0.607. The highest BCUT2D eigenvalue weighted by atomic mass is 16.5. The molecule has 0 aliphatic rings. The summed E-state index contributed by atoms with van der Waals surface area (Å²) in [7, 11) is 3.03. The van der Waals surface area contributed by atoms with Crippen molar-refractivity contribution in [3.05, 3.63) is 0 Å². The molecule has 0 aromatic carbocycles. The predicted octanol–water partition coefficient (Wildman–Crippen LogP) is 0.664. The van der Waals surface area contributed by atoms with Crippen LogP contribution in [0.4, 0.5) is 0 Å². The van der Waals surface area contributed by atoms with E-state index in [-0.39, 0.29) is 17.8 Å². The van der Waals surface area contributed by atoms with E-state index in [4.69, 9.17) is 0 Å². The fourth-order valence-electron chi connectivity index (χ4n) is 1.06. The lowest BCUT2D eigenvalue weighted by molar-refractivity contribution is -0.146. The lowest BCUT2D eigenvalue weighted by Gasteiger charge is -2.19. The third-order valence-electron chi connectivity index (χ3n) is 1.88. The number of hydrogen-bond donors (Lipinski definition) is 0. The van der Waals surface area contributed by atoms with Crippen molar-refractivity contribution in [2.75, 3.05) is 20.7 Å². The van der Waals surface area contributed by atoms with E-state index in [0.717, 1.165) is 0 Å². The monoisotopic (exact) mass is 187 g/mol. The normalized spacial score (nSPS) is 12.0. The van der Waals surface area contributed by atoms with Gasteiger partial charge in [-0.1, -0.05) is 13.8 Å². The molecule has 4 heteroatoms. The molecule has 0 aliphatic carbocycles. The van der Waals surface area contributed by atoms with Crippen LogP contribution < -0.4 is 0 Å². The molecule has 0 spiro atoms. The lowest BCUT2D eigenvalue weighted by Crippen LogP contribution is -2.33. The van der Waals surface area contributed by atoms with Gasteiger partial charge in [-0.05, 0) is 0 Å². The summed E-state index contributed by atoms with van der Waals surface area (Å²) >= 11 is 0. The summed E-state index contributed by atoms with van der Waals surface area (Å²) in [6.07, 6.45) is 0.463.